The predicted octanol–water partition coefficient (Wildman–Crippen LogP) is 3.89. The van der Waals surface area contributed by atoms with Gasteiger partial charge in [0.1, 0.15) is 11.5 Å². The van der Waals surface area contributed by atoms with E-state index in [1.807, 2.05) is 19.1 Å². The highest BCUT2D eigenvalue weighted by molar-refractivity contribution is 7.85. The average Bonchev–Trinajstić information content (AvgIpc) is 3.06. The normalized spacial score (nSPS) is 11.8. The molecule has 1 heterocycles. The maximum absolute atomic E-state index is 12.6. The Bertz CT molecular complexity index is 985. The summed E-state index contributed by atoms with van der Waals surface area (Å²) in [5.41, 5.74) is 2.32. The number of aromatic nitrogens is 2. The van der Waals surface area contributed by atoms with Gasteiger partial charge in [-0.05, 0) is 48.9 Å². The van der Waals surface area contributed by atoms with E-state index in [9.17, 15) is 9.00 Å². The van der Waals surface area contributed by atoms with Crippen LogP contribution in [-0.2, 0) is 22.6 Å². The maximum atomic E-state index is 12.6. The van der Waals surface area contributed by atoms with Crippen LogP contribution in [0.3, 0.4) is 0 Å². The van der Waals surface area contributed by atoms with Crippen molar-refractivity contribution in [1.82, 2.24) is 9.55 Å². The van der Waals surface area contributed by atoms with Gasteiger partial charge in [0.25, 0.3) is 0 Å². The first-order valence-electron chi connectivity index (χ1n) is 8.66. The Morgan fingerprint density at radius 2 is 1.86 bits per heavy atom. The van der Waals surface area contributed by atoms with Crippen molar-refractivity contribution in [1.29, 1.82) is 0 Å². The van der Waals surface area contributed by atoms with Crippen LogP contribution in [0.15, 0.2) is 59.9 Å². The number of anilines is 1. The zero-order chi connectivity index (χ0) is 20.1. The second kappa shape index (κ2) is 9.03. The molecule has 8 heteroatoms. The Hall–Kier alpha value is -2.64. The van der Waals surface area contributed by atoms with Gasteiger partial charge >= 0.3 is 0 Å². The van der Waals surface area contributed by atoms with Gasteiger partial charge < -0.3 is 14.6 Å². The fourth-order valence-electron chi connectivity index (χ4n) is 2.67. The lowest BCUT2D eigenvalue weighted by molar-refractivity contribution is -0.113. The lowest BCUT2D eigenvalue weighted by Gasteiger charge is -2.08. The van der Waals surface area contributed by atoms with Crippen LogP contribution in [0, 0.1) is 0 Å². The number of imidazole rings is 1. The van der Waals surface area contributed by atoms with Crippen molar-refractivity contribution in [3.8, 4) is 17.0 Å². The largest absolute Gasteiger partial charge is 0.494 e. The van der Waals surface area contributed by atoms with Crippen molar-refractivity contribution in [3.63, 3.8) is 0 Å². The van der Waals surface area contributed by atoms with Gasteiger partial charge in [-0.15, -0.1) is 0 Å². The molecule has 0 aliphatic carbocycles. The third-order valence-electron chi connectivity index (χ3n) is 4.00. The molecule has 3 rings (SSSR count). The Morgan fingerprint density at radius 1 is 1.18 bits per heavy atom. The van der Waals surface area contributed by atoms with Gasteiger partial charge in [-0.3, -0.25) is 9.00 Å². The smallest absolute Gasteiger partial charge is 0.237 e. The van der Waals surface area contributed by atoms with Crippen LogP contribution in [0.25, 0.3) is 11.3 Å². The van der Waals surface area contributed by atoms with E-state index < -0.39 is 10.8 Å². The summed E-state index contributed by atoms with van der Waals surface area (Å²) < 4.78 is 19.7. The van der Waals surface area contributed by atoms with E-state index in [1.165, 1.54) is 0 Å². The average molecular weight is 418 g/mol. The molecule has 3 aromatic rings. The number of carbonyl (C=O) groups is 1. The first-order valence-corrected chi connectivity index (χ1v) is 10.4. The minimum absolute atomic E-state index is 0.182. The summed E-state index contributed by atoms with van der Waals surface area (Å²) in [6.07, 6.45) is 1.64. The maximum Gasteiger partial charge on any atom is 0.237 e. The Morgan fingerprint density at radius 3 is 2.50 bits per heavy atom. The number of amides is 1. The summed E-state index contributed by atoms with van der Waals surface area (Å²) in [4.78, 5) is 16.5. The number of nitrogens with one attached hydrogen (secondary N) is 1. The van der Waals surface area contributed by atoms with E-state index in [4.69, 9.17) is 16.3 Å². The summed E-state index contributed by atoms with van der Waals surface area (Å²) in [7, 11) is 0.198. The monoisotopic (exact) mass is 417 g/mol. The molecule has 1 aromatic heterocycles. The van der Waals surface area contributed by atoms with E-state index in [1.54, 1.807) is 54.2 Å². The number of benzene rings is 2. The molecule has 0 bridgehead atoms. The fourth-order valence-corrected chi connectivity index (χ4v) is 3.81. The quantitative estimate of drug-likeness (QED) is 0.633. The Balaban J connectivity index is 1.66. The first kappa shape index (κ1) is 20.1. The van der Waals surface area contributed by atoms with Gasteiger partial charge in [0.15, 0.2) is 5.16 Å². The zero-order valence-corrected chi connectivity index (χ0v) is 17.1. The molecule has 0 fully saturated rings. The molecule has 6 nitrogen and oxygen atoms in total. The van der Waals surface area contributed by atoms with Crippen LogP contribution < -0.4 is 10.1 Å². The molecule has 0 radical (unpaired) electrons. The third-order valence-corrected chi connectivity index (χ3v) is 5.56. The molecule has 2 aromatic carbocycles. The molecule has 0 unspecified atom stereocenters. The third kappa shape index (κ3) is 4.79. The van der Waals surface area contributed by atoms with Gasteiger partial charge in [0.2, 0.25) is 5.91 Å². The molecular formula is C20H20ClN3O3S. The SMILES string of the molecule is CCOc1ccc(NC(=O)C[S@@](=O)c2ncc(-c3ccc(Cl)cc3)n2C)cc1. The number of carbonyl (C=O) groups excluding carboxylic acids is 1. The molecule has 1 amide bonds. The van der Waals surface area contributed by atoms with Crippen LogP contribution in [0.1, 0.15) is 6.92 Å². The van der Waals surface area contributed by atoms with Crippen LogP contribution in [0.5, 0.6) is 5.75 Å². The highest BCUT2D eigenvalue weighted by Crippen LogP contribution is 2.23. The van der Waals surface area contributed by atoms with Gasteiger partial charge in [-0.1, -0.05) is 23.7 Å². The summed E-state index contributed by atoms with van der Waals surface area (Å²) >= 11 is 5.92. The second-order valence-electron chi connectivity index (χ2n) is 5.99. The predicted molar refractivity (Wildman–Crippen MR) is 111 cm³/mol. The highest BCUT2D eigenvalue weighted by atomic mass is 35.5. The molecule has 0 saturated carbocycles. The first-order chi connectivity index (χ1) is 13.5. The van der Waals surface area contributed by atoms with Crippen molar-refractivity contribution in [2.24, 2.45) is 7.05 Å². The summed E-state index contributed by atoms with van der Waals surface area (Å²) in [5.74, 6) is 0.198. The number of hydrogen-bond donors (Lipinski definition) is 1. The molecule has 0 spiro atoms. The minimum Gasteiger partial charge on any atom is -0.494 e. The van der Waals surface area contributed by atoms with E-state index in [0.717, 1.165) is 17.0 Å². The van der Waals surface area contributed by atoms with Crippen LogP contribution in [-0.4, -0.2) is 32.0 Å². The topological polar surface area (TPSA) is 73.2 Å². The van der Waals surface area contributed by atoms with Crippen molar-refractivity contribution in [2.45, 2.75) is 12.1 Å². The number of hydrogen-bond acceptors (Lipinski definition) is 4. The summed E-state index contributed by atoms with van der Waals surface area (Å²) in [6, 6.07) is 14.3. The highest BCUT2D eigenvalue weighted by Gasteiger charge is 2.17. The minimum atomic E-state index is -1.57. The van der Waals surface area contributed by atoms with Gasteiger partial charge in [-0.25, -0.2) is 4.98 Å². The number of halogens is 1. The standard InChI is InChI=1S/C20H20ClN3O3S/c1-3-27-17-10-8-16(9-11-17)23-19(25)13-28(26)20-22-12-18(24(20)2)14-4-6-15(21)7-5-14/h4-12H,3,13H2,1-2H3,(H,23,25)/t28-/m1/s1. The number of rotatable bonds is 7. The fraction of sp³-hybridized carbons (Fsp3) is 0.200. The molecule has 0 saturated heterocycles. The van der Waals surface area contributed by atoms with Gasteiger partial charge in [0, 0.05) is 17.8 Å². The van der Waals surface area contributed by atoms with Crippen molar-refractivity contribution >= 4 is 34.0 Å². The molecule has 28 heavy (non-hydrogen) atoms. The van der Waals surface area contributed by atoms with E-state index >= 15 is 0 Å². The number of ether oxygens (including phenoxy) is 1. The number of nitrogens with zero attached hydrogens (tertiary/aromatic N) is 2. The second-order valence-corrected chi connectivity index (χ2v) is 7.77. The van der Waals surface area contributed by atoms with Gasteiger partial charge in [0.05, 0.1) is 29.3 Å². The molecule has 1 atom stereocenters. The Labute approximate surface area is 171 Å². The van der Waals surface area contributed by atoms with Crippen molar-refractivity contribution in [3.05, 3.63) is 59.8 Å². The lowest BCUT2D eigenvalue weighted by Crippen LogP contribution is -2.21. The van der Waals surface area contributed by atoms with Crippen LogP contribution in [0.2, 0.25) is 5.02 Å². The van der Waals surface area contributed by atoms with Crippen molar-refractivity contribution in [2.75, 3.05) is 17.7 Å². The Kier molecular flexibility index (Phi) is 6.49. The van der Waals surface area contributed by atoms with E-state index in [2.05, 4.69) is 10.3 Å². The molecule has 1 N–H and O–H groups in total. The zero-order valence-electron chi connectivity index (χ0n) is 15.5. The molecule has 0 aliphatic rings. The molecule has 146 valence electrons. The van der Waals surface area contributed by atoms with E-state index in [0.29, 0.717) is 22.5 Å². The van der Waals surface area contributed by atoms with E-state index in [-0.39, 0.29) is 11.7 Å². The summed E-state index contributed by atoms with van der Waals surface area (Å²) in [5, 5.41) is 3.72. The summed E-state index contributed by atoms with van der Waals surface area (Å²) in [6.45, 7) is 2.48. The lowest BCUT2D eigenvalue weighted by atomic mass is 10.2. The van der Waals surface area contributed by atoms with Crippen LogP contribution in [0.4, 0.5) is 5.69 Å². The van der Waals surface area contributed by atoms with Crippen LogP contribution >= 0.6 is 11.6 Å². The molecule has 0 aliphatic heterocycles. The van der Waals surface area contributed by atoms with Gasteiger partial charge in [-0.2, -0.15) is 0 Å². The molecular weight excluding hydrogens is 398 g/mol. The van der Waals surface area contributed by atoms with Crippen molar-refractivity contribution < 1.29 is 13.7 Å².